The fraction of sp³-hybridized carbons (Fsp3) is 0.231. The van der Waals surface area contributed by atoms with Gasteiger partial charge in [-0.25, -0.2) is 0 Å². The molecule has 0 aliphatic carbocycles. The molecule has 1 aromatic heterocycles. The zero-order chi connectivity index (χ0) is 11.4. The normalized spacial score (nSPS) is 10.3. The zero-order valence-corrected chi connectivity index (χ0v) is 10.1. The van der Waals surface area contributed by atoms with Gasteiger partial charge in [0.25, 0.3) is 0 Å². The number of thiophene rings is 1. The molecule has 0 saturated heterocycles. The molecule has 84 valence electrons. The number of hydrogen-bond donors (Lipinski definition) is 1. The van der Waals surface area contributed by atoms with Gasteiger partial charge in [0, 0.05) is 6.42 Å². The third-order valence-corrected chi connectivity index (χ3v) is 3.13. The van der Waals surface area contributed by atoms with Gasteiger partial charge in [0.1, 0.15) is 5.75 Å². The van der Waals surface area contributed by atoms with Crippen LogP contribution in [-0.2, 0) is 6.42 Å². The topological polar surface area (TPSA) is 35.2 Å². The molecule has 0 atom stereocenters. The Morgan fingerprint density at radius 1 is 1.31 bits per heavy atom. The minimum atomic E-state index is 0.671. The molecule has 0 aliphatic heterocycles. The summed E-state index contributed by atoms with van der Waals surface area (Å²) in [7, 11) is 0. The molecule has 0 amide bonds. The summed E-state index contributed by atoms with van der Waals surface area (Å²) in [4.78, 5) is 0. The number of rotatable bonds is 4. The lowest BCUT2D eigenvalue weighted by atomic mass is 10.2. The van der Waals surface area contributed by atoms with Gasteiger partial charge in [0.05, 0.1) is 12.3 Å². The van der Waals surface area contributed by atoms with E-state index in [1.807, 2.05) is 25.1 Å². The maximum atomic E-state index is 5.83. The highest BCUT2D eigenvalue weighted by molar-refractivity contribution is 7.07. The molecule has 0 fully saturated rings. The third kappa shape index (κ3) is 2.76. The summed E-state index contributed by atoms with van der Waals surface area (Å²) in [6, 6.07) is 7.97. The van der Waals surface area contributed by atoms with Gasteiger partial charge >= 0.3 is 0 Å². The van der Waals surface area contributed by atoms with E-state index >= 15 is 0 Å². The summed E-state index contributed by atoms with van der Waals surface area (Å²) in [5.41, 5.74) is 9.01. The van der Waals surface area contributed by atoms with Crippen LogP contribution in [0.3, 0.4) is 0 Å². The fourth-order valence-corrected chi connectivity index (χ4v) is 2.18. The summed E-state index contributed by atoms with van der Waals surface area (Å²) in [6.45, 7) is 2.70. The standard InChI is InChI=1S/C13H15NOS/c1-10-2-3-12(14)13(8-10)15-6-4-11-5-7-16-9-11/h2-3,5,7-9H,4,6,14H2,1H3. The molecule has 2 rings (SSSR count). The number of ether oxygens (including phenoxy) is 1. The van der Waals surface area contributed by atoms with Crippen LogP contribution in [0, 0.1) is 6.92 Å². The average molecular weight is 233 g/mol. The predicted octanol–water partition coefficient (Wildman–Crippen LogP) is 3.26. The highest BCUT2D eigenvalue weighted by Crippen LogP contribution is 2.22. The fourth-order valence-electron chi connectivity index (χ4n) is 1.48. The maximum absolute atomic E-state index is 5.83. The molecule has 0 aliphatic rings. The minimum Gasteiger partial charge on any atom is -0.491 e. The predicted molar refractivity (Wildman–Crippen MR) is 69.1 cm³/mol. The van der Waals surface area contributed by atoms with Crippen LogP contribution in [0.2, 0.25) is 0 Å². The second kappa shape index (κ2) is 5.03. The van der Waals surface area contributed by atoms with E-state index in [4.69, 9.17) is 10.5 Å². The summed E-state index contributed by atoms with van der Waals surface area (Å²) in [5, 5.41) is 4.22. The molecule has 0 bridgehead atoms. The van der Waals surface area contributed by atoms with Crippen molar-refractivity contribution < 1.29 is 4.74 Å². The van der Waals surface area contributed by atoms with Crippen molar-refractivity contribution in [3.8, 4) is 5.75 Å². The number of hydrogen-bond acceptors (Lipinski definition) is 3. The largest absolute Gasteiger partial charge is 0.491 e. The van der Waals surface area contributed by atoms with Crippen molar-refractivity contribution in [1.29, 1.82) is 0 Å². The van der Waals surface area contributed by atoms with Gasteiger partial charge in [-0.3, -0.25) is 0 Å². The molecule has 2 aromatic rings. The summed E-state index contributed by atoms with van der Waals surface area (Å²) >= 11 is 1.71. The van der Waals surface area contributed by atoms with Gasteiger partial charge in [-0.05, 0) is 47.0 Å². The molecule has 2 N–H and O–H groups in total. The molecular formula is C13H15NOS. The van der Waals surface area contributed by atoms with Crippen molar-refractivity contribution in [2.75, 3.05) is 12.3 Å². The first-order valence-electron chi connectivity index (χ1n) is 5.26. The van der Waals surface area contributed by atoms with Crippen molar-refractivity contribution in [1.82, 2.24) is 0 Å². The number of nitrogens with two attached hydrogens (primary N) is 1. The summed E-state index contributed by atoms with van der Waals surface area (Å²) in [6.07, 6.45) is 0.927. The summed E-state index contributed by atoms with van der Waals surface area (Å²) < 4.78 is 5.67. The third-order valence-electron chi connectivity index (χ3n) is 2.40. The van der Waals surface area contributed by atoms with Gasteiger partial charge in [0.15, 0.2) is 0 Å². The monoisotopic (exact) mass is 233 g/mol. The second-order valence-electron chi connectivity index (χ2n) is 3.77. The van der Waals surface area contributed by atoms with Crippen molar-refractivity contribution in [2.45, 2.75) is 13.3 Å². The lowest BCUT2D eigenvalue weighted by molar-refractivity contribution is 0.323. The molecule has 16 heavy (non-hydrogen) atoms. The SMILES string of the molecule is Cc1ccc(N)c(OCCc2ccsc2)c1. The van der Waals surface area contributed by atoms with E-state index in [0.29, 0.717) is 12.3 Å². The molecule has 2 nitrogen and oxygen atoms in total. The van der Waals surface area contributed by atoms with Gasteiger partial charge < -0.3 is 10.5 Å². The van der Waals surface area contributed by atoms with Crippen LogP contribution in [0.5, 0.6) is 5.75 Å². The Morgan fingerprint density at radius 3 is 2.94 bits per heavy atom. The van der Waals surface area contributed by atoms with E-state index in [1.165, 1.54) is 11.1 Å². The van der Waals surface area contributed by atoms with Crippen molar-refractivity contribution in [2.24, 2.45) is 0 Å². The Kier molecular flexibility index (Phi) is 3.47. The van der Waals surface area contributed by atoms with Crippen molar-refractivity contribution in [3.63, 3.8) is 0 Å². The van der Waals surface area contributed by atoms with Gasteiger partial charge in [-0.15, -0.1) is 0 Å². The van der Waals surface area contributed by atoms with Crippen LogP contribution in [0.15, 0.2) is 35.0 Å². The van der Waals surface area contributed by atoms with Crippen LogP contribution in [0.25, 0.3) is 0 Å². The van der Waals surface area contributed by atoms with Crippen LogP contribution in [0.4, 0.5) is 5.69 Å². The first-order valence-corrected chi connectivity index (χ1v) is 6.20. The van der Waals surface area contributed by atoms with Crippen molar-refractivity contribution >= 4 is 17.0 Å². The first-order chi connectivity index (χ1) is 7.75. The van der Waals surface area contributed by atoms with Crippen molar-refractivity contribution in [3.05, 3.63) is 46.2 Å². The highest BCUT2D eigenvalue weighted by Gasteiger charge is 2.00. The number of anilines is 1. The molecule has 1 aromatic carbocycles. The molecule has 0 unspecified atom stereocenters. The van der Waals surface area contributed by atoms with E-state index in [0.717, 1.165) is 12.2 Å². The maximum Gasteiger partial charge on any atom is 0.142 e. The number of aryl methyl sites for hydroxylation is 1. The Bertz CT molecular complexity index is 451. The van der Waals surface area contributed by atoms with Gasteiger partial charge in [-0.1, -0.05) is 6.07 Å². The lowest BCUT2D eigenvalue weighted by Gasteiger charge is -2.08. The number of nitrogen functional groups attached to an aromatic ring is 1. The highest BCUT2D eigenvalue weighted by atomic mass is 32.1. The molecule has 0 saturated carbocycles. The Hall–Kier alpha value is -1.48. The van der Waals surface area contributed by atoms with E-state index in [9.17, 15) is 0 Å². The molecule has 0 spiro atoms. The first kappa shape index (κ1) is 11.0. The smallest absolute Gasteiger partial charge is 0.142 e. The lowest BCUT2D eigenvalue weighted by Crippen LogP contribution is -2.03. The Morgan fingerprint density at radius 2 is 2.19 bits per heavy atom. The van der Waals surface area contributed by atoms with E-state index in [1.54, 1.807) is 11.3 Å². The Labute approximate surface area is 99.7 Å². The molecule has 1 heterocycles. The van der Waals surface area contributed by atoms with Gasteiger partial charge in [0.2, 0.25) is 0 Å². The summed E-state index contributed by atoms with van der Waals surface area (Å²) in [5.74, 6) is 0.787. The van der Waals surface area contributed by atoms with E-state index < -0.39 is 0 Å². The van der Waals surface area contributed by atoms with E-state index in [2.05, 4.69) is 16.8 Å². The van der Waals surface area contributed by atoms with Crippen LogP contribution < -0.4 is 10.5 Å². The van der Waals surface area contributed by atoms with Crippen LogP contribution in [-0.4, -0.2) is 6.61 Å². The quantitative estimate of drug-likeness (QED) is 0.823. The van der Waals surface area contributed by atoms with E-state index in [-0.39, 0.29) is 0 Å². The van der Waals surface area contributed by atoms with Gasteiger partial charge in [-0.2, -0.15) is 11.3 Å². The molecular weight excluding hydrogens is 218 g/mol. The second-order valence-corrected chi connectivity index (χ2v) is 4.55. The Balaban J connectivity index is 1.92. The molecule has 0 radical (unpaired) electrons. The van der Waals surface area contributed by atoms with Crippen LogP contribution >= 0.6 is 11.3 Å². The van der Waals surface area contributed by atoms with Crippen LogP contribution in [0.1, 0.15) is 11.1 Å². The molecule has 3 heteroatoms. The zero-order valence-electron chi connectivity index (χ0n) is 9.27. The average Bonchev–Trinajstić information content (AvgIpc) is 2.76. The minimum absolute atomic E-state index is 0.671. The number of benzene rings is 1.